The van der Waals surface area contributed by atoms with E-state index in [4.69, 9.17) is 16.3 Å². The average Bonchev–Trinajstić information content (AvgIpc) is 3.19. The number of methoxy groups -OCH3 is 1. The van der Waals surface area contributed by atoms with Gasteiger partial charge >= 0.3 is 0 Å². The quantitative estimate of drug-likeness (QED) is 0.322. The Labute approximate surface area is 203 Å². The van der Waals surface area contributed by atoms with Crippen molar-refractivity contribution in [3.05, 3.63) is 23.2 Å². The minimum absolute atomic E-state index is 0. The smallest absolute Gasteiger partial charge is 0.191 e. The molecule has 2 unspecified atom stereocenters. The van der Waals surface area contributed by atoms with Crippen molar-refractivity contribution in [2.24, 2.45) is 4.99 Å². The van der Waals surface area contributed by atoms with Gasteiger partial charge < -0.3 is 25.2 Å². The van der Waals surface area contributed by atoms with E-state index in [2.05, 4.69) is 44.3 Å². The third-order valence-corrected chi connectivity index (χ3v) is 6.20. The number of hydrogen-bond donors (Lipinski definition) is 2. The molecule has 3 rings (SSSR count). The number of nitrogens with zero attached hydrogens (tertiary/aromatic N) is 4. The molecule has 30 heavy (non-hydrogen) atoms. The van der Waals surface area contributed by atoms with E-state index >= 15 is 0 Å². The van der Waals surface area contributed by atoms with Gasteiger partial charge in [0.15, 0.2) is 5.96 Å². The maximum absolute atomic E-state index is 6.20. The number of halogens is 2. The fraction of sp³-hybridized carbons (Fsp3) is 0.667. The summed E-state index contributed by atoms with van der Waals surface area (Å²) in [5.41, 5.74) is 1.05. The van der Waals surface area contributed by atoms with Gasteiger partial charge in [-0.3, -0.25) is 9.89 Å². The fourth-order valence-electron chi connectivity index (χ4n) is 4.03. The zero-order chi connectivity index (χ0) is 20.8. The van der Waals surface area contributed by atoms with Gasteiger partial charge in [0.25, 0.3) is 0 Å². The van der Waals surface area contributed by atoms with Crippen LogP contribution in [0.1, 0.15) is 13.3 Å². The van der Waals surface area contributed by atoms with Gasteiger partial charge in [0.05, 0.1) is 12.8 Å². The van der Waals surface area contributed by atoms with Crippen LogP contribution in [0.4, 0.5) is 5.69 Å². The van der Waals surface area contributed by atoms with E-state index < -0.39 is 0 Å². The van der Waals surface area contributed by atoms with Crippen molar-refractivity contribution in [3.63, 3.8) is 0 Å². The molecular formula is C21H36ClIN6O. The average molecular weight is 551 g/mol. The molecule has 9 heteroatoms. The van der Waals surface area contributed by atoms with E-state index in [-0.39, 0.29) is 24.0 Å². The molecule has 0 aromatic heterocycles. The largest absolute Gasteiger partial charge is 0.495 e. The highest BCUT2D eigenvalue weighted by Gasteiger charge is 2.26. The van der Waals surface area contributed by atoms with Crippen molar-refractivity contribution in [2.45, 2.75) is 25.4 Å². The summed E-state index contributed by atoms with van der Waals surface area (Å²) >= 11 is 6.20. The number of aliphatic imine (C=N–C) groups is 1. The molecule has 170 valence electrons. The van der Waals surface area contributed by atoms with Crippen molar-refractivity contribution in [3.8, 4) is 5.75 Å². The molecular weight excluding hydrogens is 515 g/mol. The molecule has 7 nitrogen and oxygen atoms in total. The summed E-state index contributed by atoms with van der Waals surface area (Å²) in [6.45, 7) is 9.57. The van der Waals surface area contributed by atoms with Crippen LogP contribution in [0.3, 0.4) is 0 Å². The van der Waals surface area contributed by atoms with Crippen LogP contribution in [0.2, 0.25) is 5.02 Å². The van der Waals surface area contributed by atoms with Gasteiger partial charge in [-0.05, 0) is 38.6 Å². The maximum Gasteiger partial charge on any atom is 0.191 e. The van der Waals surface area contributed by atoms with Crippen LogP contribution < -0.4 is 20.3 Å². The summed E-state index contributed by atoms with van der Waals surface area (Å²) in [5.74, 6) is 1.73. The first-order chi connectivity index (χ1) is 14.0. The van der Waals surface area contributed by atoms with Crippen LogP contribution in [-0.2, 0) is 0 Å². The van der Waals surface area contributed by atoms with E-state index in [9.17, 15) is 0 Å². The lowest BCUT2D eigenvalue weighted by atomic mass is 10.2. The van der Waals surface area contributed by atoms with E-state index in [0.29, 0.717) is 12.1 Å². The molecule has 2 saturated heterocycles. The van der Waals surface area contributed by atoms with Crippen LogP contribution >= 0.6 is 35.6 Å². The first kappa shape index (κ1) is 25.3. The Morgan fingerprint density at radius 1 is 1.27 bits per heavy atom. The summed E-state index contributed by atoms with van der Waals surface area (Å²) in [4.78, 5) is 11.7. The topological polar surface area (TPSA) is 55.4 Å². The van der Waals surface area contributed by atoms with Gasteiger partial charge in [-0.2, -0.15) is 0 Å². The van der Waals surface area contributed by atoms with E-state index in [1.165, 1.54) is 0 Å². The van der Waals surface area contributed by atoms with Crippen molar-refractivity contribution in [2.75, 3.05) is 71.9 Å². The minimum atomic E-state index is 0. The zero-order valence-corrected chi connectivity index (χ0v) is 21.6. The monoisotopic (exact) mass is 550 g/mol. The number of piperazine rings is 1. The molecule has 0 amide bonds. The number of ether oxygens (including phenoxy) is 1. The number of rotatable bonds is 6. The SMILES string of the molecule is CN=C(NCC(C)N1CCN(C)CC1)NC1CCN(c2cc(Cl)ccc2OC)C1.I. The molecule has 2 atom stereocenters. The third kappa shape index (κ3) is 6.77. The molecule has 2 aliphatic rings. The highest BCUT2D eigenvalue weighted by molar-refractivity contribution is 14.0. The minimum Gasteiger partial charge on any atom is -0.495 e. The Morgan fingerprint density at radius 2 is 2.00 bits per heavy atom. The second kappa shape index (κ2) is 12.2. The van der Waals surface area contributed by atoms with Gasteiger partial charge in [-0.25, -0.2) is 0 Å². The molecule has 0 radical (unpaired) electrons. The lowest BCUT2D eigenvalue weighted by molar-refractivity contribution is 0.120. The second-order valence-electron chi connectivity index (χ2n) is 8.03. The Balaban J connectivity index is 0.00000320. The number of likely N-dealkylation sites (N-methyl/N-ethyl adjacent to an activating group) is 1. The molecule has 2 heterocycles. The van der Waals surface area contributed by atoms with Gasteiger partial charge in [0, 0.05) is 70.0 Å². The number of guanidine groups is 1. The zero-order valence-electron chi connectivity index (χ0n) is 18.5. The van der Waals surface area contributed by atoms with Gasteiger partial charge in [0.1, 0.15) is 5.75 Å². The summed E-state index contributed by atoms with van der Waals surface area (Å²) in [7, 11) is 5.73. The van der Waals surface area contributed by atoms with E-state index in [0.717, 1.165) is 74.7 Å². The molecule has 0 saturated carbocycles. The van der Waals surface area contributed by atoms with E-state index in [1.54, 1.807) is 7.11 Å². The van der Waals surface area contributed by atoms with Crippen molar-refractivity contribution in [1.82, 2.24) is 20.4 Å². The van der Waals surface area contributed by atoms with Crippen molar-refractivity contribution in [1.29, 1.82) is 0 Å². The van der Waals surface area contributed by atoms with Crippen LogP contribution in [0.25, 0.3) is 0 Å². The molecule has 2 aliphatic heterocycles. The van der Waals surface area contributed by atoms with Gasteiger partial charge in [0.2, 0.25) is 0 Å². The Bertz CT molecular complexity index is 698. The van der Waals surface area contributed by atoms with Crippen LogP contribution in [-0.4, -0.2) is 94.9 Å². The van der Waals surface area contributed by atoms with Gasteiger partial charge in [-0.1, -0.05) is 11.6 Å². The van der Waals surface area contributed by atoms with Gasteiger partial charge in [-0.15, -0.1) is 24.0 Å². The molecule has 1 aromatic rings. The summed E-state index contributed by atoms with van der Waals surface area (Å²) < 4.78 is 5.51. The molecule has 2 N–H and O–H groups in total. The predicted octanol–water partition coefficient (Wildman–Crippen LogP) is 2.35. The lowest BCUT2D eigenvalue weighted by Gasteiger charge is -2.36. The van der Waals surface area contributed by atoms with Crippen LogP contribution in [0.15, 0.2) is 23.2 Å². The lowest BCUT2D eigenvalue weighted by Crippen LogP contribution is -2.53. The normalized spacial score (nSPS) is 21.8. The first-order valence-electron chi connectivity index (χ1n) is 10.5. The highest BCUT2D eigenvalue weighted by atomic mass is 127. The molecule has 0 bridgehead atoms. The third-order valence-electron chi connectivity index (χ3n) is 5.96. The Morgan fingerprint density at radius 3 is 2.67 bits per heavy atom. The maximum atomic E-state index is 6.20. The highest BCUT2D eigenvalue weighted by Crippen LogP contribution is 2.33. The number of hydrogen-bond acceptors (Lipinski definition) is 5. The first-order valence-corrected chi connectivity index (χ1v) is 10.9. The van der Waals surface area contributed by atoms with Crippen molar-refractivity contribution < 1.29 is 4.74 Å². The summed E-state index contributed by atoms with van der Waals surface area (Å²) in [6.07, 6.45) is 1.05. The molecule has 0 spiro atoms. The summed E-state index contributed by atoms with van der Waals surface area (Å²) in [5, 5.41) is 7.82. The fourth-order valence-corrected chi connectivity index (χ4v) is 4.20. The van der Waals surface area contributed by atoms with Crippen LogP contribution in [0.5, 0.6) is 5.75 Å². The molecule has 0 aliphatic carbocycles. The predicted molar refractivity (Wildman–Crippen MR) is 137 cm³/mol. The second-order valence-corrected chi connectivity index (χ2v) is 8.47. The Kier molecular flexibility index (Phi) is 10.3. The standard InChI is InChI=1S/C21H35ClN6O.HI/c1-16(27-11-9-26(3)10-12-27)14-24-21(23-2)25-18-7-8-28(15-18)19-13-17(22)5-6-20(19)29-4;/h5-6,13,16,18H,7-12,14-15H2,1-4H3,(H2,23,24,25);1H. The number of nitrogens with one attached hydrogen (secondary N) is 2. The number of anilines is 1. The number of benzene rings is 1. The van der Waals surface area contributed by atoms with Crippen molar-refractivity contribution >= 4 is 47.2 Å². The van der Waals surface area contributed by atoms with Crippen LogP contribution in [0, 0.1) is 0 Å². The Hall–Kier alpha value is -0.970. The summed E-state index contributed by atoms with van der Waals surface area (Å²) in [6, 6.07) is 6.59. The van der Waals surface area contributed by atoms with E-state index in [1.807, 2.05) is 25.2 Å². The molecule has 1 aromatic carbocycles. The molecule has 2 fully saturated rings.